The van der Waals surface area contributed by atoms with Gasteiger partial charge in [-0.25, -0.2) is 14.3 Å². The van der Waals surface area contributed by atoms with Crippen LogP contribution in [-0.4, -0.2) is 56.8 Å². The molecular weight excluding hydrogens is 477 g/mol. The molecule has 2 atom stereocenters. The van der Waals surface area contributed by atoms with Crippen LogP contribution in [0.1, 0.15) is 25.8 Å². The third-order valence-electron chi connectivity index (χ3n) is 4.53. The van der Waals surface area contributed by atoms with Gasteiger partial charge in [0.25, 0.3) is 0 Å². The highest BCUT2D eigenvalue weighted by Gasteiger charge is 2.42. The Hall–Kier alpha value is -1.84. The Morgan fingerprint density at radius 3 is 2.79 bits per heavy atom. The lowest BCUT2D eigenvalue weighted by Crippen LogP contribution is -2.45. The lowest BCUT2D eigenvalue weighted by Gasteiger charge is -2.24. The van der Waals surface area contributed by atoms with Crippen LogP contribution in [0.5, 0.6) is 0 Å². The minimum Gasteiger partial charge on any atom is -0.465 e. The molecule has 1 saturated heterocycles. The lowest BCUT2D eigenvalue weighted by molar-refractivity contribution is -0.152. The van der Waals surface area contributed by atoms with Crippen molar-refractivity contribution in [2.75, 3.05) is 13.2 Å². The van der Waals surface area contributed by atoms with Gasteiger partial charge in [0.15, 0.2) is 5.78 Å². The van der Waals surface area contributed by atoms with Crippen molar-refractivity contribution in [2.45, 2.75) is 31.8 Å². The number of nitrogens with zero attached hydrogens (tertiary/aromatic N) is 3. The molecule has 150 valence electrons. The van der Waals surface area contributed by atoms with Gasteiger partial charge >= 0.3 is 12.1 Å². The summed E-state index contributed by atoms with van der Waals surface area (Å²) in [5.41, 5.74) is 0.310. The lowest BCUT2D eigenvalue weighted by atomic mass is 10.0. The third-order valence-corrected chi connectivity index (χ3v) is 6.08. The van der Waals surface area contributed by atoms with E-state index >= 15 is 0 Å². The summed E-state index contributed by atoms with van der Waals surface area (Å²) in [5.74, 6) is -1.42. The molecule has 0 spiro atoms. The molecule has 28 heavy (non-hydrogen) atoms. The average Bonchev–Trinajstić information content (AvgIpc) is 3.28. The SMILES string of the molecule is CCOC(=O)C(C(=O)[C@@H]1CCCN1C(=O)O)n1cc2c(Cl)cc(Br)c(Cl)c2n1. The Kier molecular flexibility index (Phi) is 6.16. The van der Waals surface area contributed by atoms with Gasteiger partial charge in [-0.3, -0.25) is 9.69 Å². The van der Waals surface area contributed by atoms with Gasteiger partial charge in [0.2, 0.25) is 6.04 Å². The molecular formula is C17H16BrCl2N3O5. The summed E-state index contributed by atoms with van der Waals surface area (Å²) in [6.45, 7) is 1.90. The number of ether oxygens (including phenoxy) is 1. The van der Waals surface area contributed by atoms with E-state index in [0.717, 1.165) is 9.58 Å². The maximum Gasteiger partial charge on any atom is 0.407 e. The molecule has 1 N–H and O–H groups in total. The Balaban J connectivity index is 2.08. The van der Waals surface area contributed by atoms with Crippen LogP contribution in [0.25, 0.3) is 10.9 Å². The van der Waals surface area contributed by atoms with E-state index in [1.165, 1.54) is 6.20 Å². The van der Waals surface area contributed by atoms with E-state index in [1.54, 1.807) is 13.0 Å². The predicted octanol–water partition coefficient (Wildman–Crippen LogP) is 3.92. The van der Waals surface area contributed by atoms with Crippen LogP contribution in [0.15, 0.2) is 16.7 Å². The Bertz CT molecular complexity index is 964. The van der Waals surface area contributed by atoms with Crippen LogP contribution in [0.2, 0.25) is 10.0 Å². The molecule has 2 heterocycles. The molecule has 1 fully saturated rings. The molecule has 1 aliphatic rings. The first kappa shape index (κ1) is 20.9. The van der Waals surface area contributed by atoms with Crippen molar-refractivity contribution in [3.05, 3.63) is 26.8 Å². The van der Waals surface area contributed by atoms with Crippen LogP contribution >= 0.6 is 39.1 Å². The number of ketones is 1. The molecule has 1 amide bonds. The van der Waals surface area contributed by atoms with E-state index in [1.807, 2.05) is 0 Å². The van der Waals surface area contributed by atoms with Gasteiger partial charge in [-0.15, -0.1) is 0 Å². The van der Waals surface area contributed by atoms with Gasteiger partial charge in [0.05, 0.1) is 22.7 Å². The molecule has 3 rings (SSSR count). The number of carbonyl (C=O) groups is 3. The molecule has 1 unspecified atom stereocenters. The molecule has 0 radical (unpaired) electrons. The van der Waals surface area contributed by atoms with Gasteiger partial charge in [-0.1, -0.05) is 23.2 Å². The van der Waals surface area contributed by atoms with Crippen molar-refractivity contribution in [1.29, 1.82) is 0 Å². The Morgan fingerprint density at radius 1 is 1.43 bits per heavy atom. The second-order valence-electron chi connectivity index (χ2n) is 6.22. The largest absolute Gasteiger partial charge is 0.465 e. The monoisotopic (exact) mass is 491 g/mol. The van der Waals surface area contributed by atoms with Crippen LogP contribution in [-0.2, 0) is 14.3 Å². The van der Waals surface area contributed by atoms with E-state index in [2.05, 4.69) is 21.0 Å². The Labute approximate surface area is 178 Å². The van der Waals surface area contributed by atoms with Crippen LogP contribution in [0.3, 0.4) is 0 Å². The van der Waals surface area contributed by atoms with E-state index in [4.69, 9.17) is 27.9 Å². The first-order chi connectivity index (χ1) is 13.3. The molecule has 1 aromatic heterocycles. The summed E-state index contributed by atoms with van der Waals surface area (Å²) in [7, 11) is 0. The average molecular weight is 493 g/mol. The zero-order chi connectivity index (χ0) is 20.6. The molecule has 0 saturated carbocycles. The highest BCUT2D eigenvalue weighted by atomic mass is 79.9. The maximum atomic E-state index is 13.1. The number of carbonyl (C=O) groups excluding carboxylic acids is 2. The van der Waals surface area contributed by atoms with Gasteiger partial charge in [-0.05, 0) is 41.8 Å². The number of aromatic nitrogens is 2. The quantitative estimate of drug-likeness (QED) is 0.385. The van der Waals surface area contributed by atoms with E-state index in [0.29, 0.717) is 33.2 Å². The highest BCUT2D eigenvalue weighted by Crippen LogP contribution is 2.36. The summed E-state index contributed by atoms with van der Waals surface area (Å²) in [6, 6.07) is -0.803. The van der Waals surface area contributed by atoms with Gasteiger partial charge in [-0.2, -0.15) is 5.10 Å². The minimum absolute atomic E-state index is 0.0593. The molecule has 0 bridgehead atoms. The van der Waals surface area contributed by atoms with Crippen molar-refractivity contribution in [3.63, 3.8) is 0 Å². The van der Waals surface area contributed by atoms with Gasteiger partial charge in [0.1, 0.15) is 5.52 Å². The van der Waals surface area contributed by atoms with E-state index in [-0.39, 0.29) is 18.2 Å². The van der Waals surface area contributed by atoms with Crippen molar-refractivity contribution in [2.24, 2.45) is 0 Å². The summed E-state index contributed by atoms with van der Waals surface area (Å²) < 4.78 is 6.72. The number of fused-ring (bicyclic) bond motifs is 1. The first-order valence-corrected chi connectivity index (χ1v) is 10.0. The summed E-state index contributed by atoms with van der Waals surface area (Å²) in [5, 5.41) is 14.7. The zero-order valence-electron chi connectivity index (χ0n) is 14.7. The minimum atomic E-state index is -1.44. The highest BCUT2D eigenvalue weighted by molar-refractivity contribution is 9.10. The van der Waals surface area contributed by atoms with Gasteiger partial charge in [0, 0.05) is 22.6 Å². The molecule has 1 aromatic carbocycles. The first-order valence-electron chi connectivity index (χ1n) is 8.48. The molecule has 0 aliphatic carbocycles. The topological polar surface area (TPSA) is 102 Å². The number of halogens is 3. The second kappa shape index (κ2) is 8.26. The number of esters is 1. The van der Waals surface area contributed by atoms with Crippen LogP contribution < -0.4 is 0 Å². The van der Waals surface area contributed by atoms with E-state index in [9.17, 15) is 19.5 Å². The van der Waals surface area contributed by atoms with Crippen LogP contribution in [0.4, 0.5) is 4.79 Å². The standard InChI is InChI=1S/C17H16BrCl2N3O5/c1-2-28-16(25)14(15(24)11-4-3-5-22(11)17(26)27)23-7-8-10(19)6-9(18)12(20)13(8)21-23/h6-7,11,14H,2-5H2,1H3,(H,26,27)/t11-,14?/m0/s1. The second-order valence-corrected chi connectivity index (χ2v) is 7.86. The molecule has 8 nitrogen and oxygen atoms in total. The fraction of sp³-hybridized carbons (Fsp3) is 0.412. The number of hydrogen-bond donors (Lipinski definition) is 1. The maximum absolute atomic E-state index is 13.1. The van der Waals surface area contributed by atoms with E-state index < -0.39 is 29.9 Å². The number of hydrogen-bond acceptors (Lipinski definition) is 5. The van der Waals surface area contributed by atoms with Crippen molar-refractivity contribution >= 4 is 67.9 Å². The summed E-state index contributed by atoms with van der Waals surface area (Å²) >= 11 is 15.8. The van der Waals surface area contributed by atoms with Gasteiger partial charge < -0.3 is 9.84 Å². The normalized spacial score (nSPS) is 17.7. The van der Waals surface area contributed by atoms with Crippen molar-refractivity contribution in [1.82, 2.24) is 14.7 Å². The predicted molar refractivity (Wildman–Crippen MR) is 106 cm³/mol. The molecule has 1 aliphatic heterocycles. The molecule has 11 heteroatoms. The summed E-state index contributed by atoms with van der Waals surface area (Å²) in [4.78, 5) is 38.2. The fourth-order valence-electron chi connectivity index (χ4n) is 3.28. The number of rotatable bonds is 5. The number of amides is 1. The number of likely N-dealkylation sites (tertiary alicyclic amines) is 1. The van der Waals surface area contributed by atoms with Crippen molar-refractivity contribution in [3.8, 4) is 0 Å². The van der Waals surface area contributed by atoms with Crippen molar-refractivity contribution < 1.29 is 24.2 Å². The Morgan fingerprint density at radius 2 is 2.14 bits per heavy atom. The molecule has 2 aromatic rings. The third kappa shape index (κ3) is 3.70. The number of Topliss-reactive ketones (excluding diaryl/α,β-unsaturated/α-hetero) is 1. The fourth-order valence-corrected chi connectivity index (χ4v) is 4.27. The number of benzene rings is 1. The smallest absolute Gasteiger partial charge is 0.407 e. The zero-order valence-corrected chi connectivity index (χ0v) is 17.8. The number of carboxylic acid groups (broad SMARTS) is 1. The summed E-state index contributed by atoms with van der Waals surface area (Å²) in [6.07, 6.45) is 1.09. The van der Waals surface area contributed by atoms with Crippen LogP contribution in [0, 0.1) is 0 Å².